The molecule has 0 aromatic carbocycles. The molecule has 0 bridgehead atoms. The van der Waals surface area contributed by atoms with E-state index in [-0.39, 0.29) is 5.54 Å². The Bertz CT molecular complexity index is 238. The van der Waals surface area contributed by atoms with Crippen LogP contribution in [0.5, 0.6) is 0 Å². The third-order valence-electron chi connectivity index (χ3n) is 1.51. The Hall–Kier alpha value is -0.202. The molecule has 0 saturated carbocycles. The maximum absolute atomic E-state index is 9.14. The summed E-state index contributed by atoms with van der Waals surface area (Å²) in [6.07, 6.45) is 4.58. The Morgan fingerprint density at radius 2 is 2.00 bits per heavy atom. The number of hydrogen-bond donors (Lipinski definition) is 1. The molecule has 0 aliphatic carbocycles. The van der Waals surface area contributed by atoms with Crippen LogP contribution in [0.15, 0.2) is 18.4 Å². The Morgan fingerprint density at radius 1 is 1.54 bits per heavy atom. The molecule has 0 rings (SSSR count). The fourth-order valence-corrected chi connectivity index (χ4v) is 1.75. The van der Waals surface area contributed by atoms with Gasteiger partial charge >= 0.3 is 91.2 Å². The van der Waals surface area contributed by atoms with Crippen molar-refractivity contribution < 1.29 is 24.5 Å². The predicted molar refractivity (Wildman–Crippen MR) is 51.2 cm³/mol. The van der Waals surface area contributed by atoms with Crippen molar-refractivity contribution in [1.29, 1.82) is 0 Å². The monoisotopic (exact) mass is 350 g/mol. The molecule has 0 atom stereocenters. The van der Waals surface area contributed by atoms with E-state index in [0.717, 1.165) is 25.1 Å². The SMILES string of the molecule is C=[C-]N(/C(C)=C\[C](O)=[W])C(C)(C)C. The van der Waals surface area contributed by atoms with Crippen LogP contribution < -0.4 is 0 Å². The summed E-state index contributed by atoms with van der Waals surface area (Å²) < 4.78 is 0.377. The van der Waals surface area contributed by atoms with Crippen molar-refractivity contribution in [2.24, 2.45) is 0 Å². The zero-order valence-electron chi connectivity index (χ0n) is 8.59. The van der Waals surface area contributed by atoms with Crippen LogP contribution in [-0.4, -0.2) is 19.6 Å². The predicted octanol–water partition coefficient (Wildman–Crippen LogP) is 1.99. The van der Waals surface area contributed by atoms with Gasteiger partial charge in [0, 0.05) is 0 Å². The molecular formula is C10H16NOW-. The number of allylic oxidation sites excluding steroid dienone is 1. The summed E-state index contributed by atoms with van der Waals surface area (Å²) >= 11 is 1.06. The van der Waals surface area contributed by atoms with Gasteiger partial charge in [-0.2, -0.15) is 0 Å². The molecule has 3 heteroatoms. The summed E-state index contributed by atoms with van der Waals surface area (Å²) in [5.41, 5.74) is 0.905. The minimum absolute atomic E-state index is 0.0485. The van der Waals surface area contributed by atoms with E-state index in [1.165, 1.54) is 0 Å². The summed E-state index contributed by atoms with van der Waals surface area (Å²) in [6.45, 7) is 11.8. The van der Waals surface area contributed by atoms with E-state index in [4.69, 9.17) is 5.11 Å². The van der Waals surface area contributed by atoms with Gasteiger partial charge in [0.2, 0.25) is 0 Å². The topological polar surface area (TPSA) is 23.5 Å². The molecule has 0 fully saturated rings. The average Bonchev–Trinajstić information content (AvgIpc) is 1.82. The van der Waals surface area contributed by atoms with Crippen molar-refractivity contribution in [3.8, 4) is 0 Å². The second kappa shape index (κ2) is 4.88. The summed E-state index contributed by atoms with van der Waals surface area (Å²) in [6, 6.07) is 0. The van der Waals surface area contributed by atoms with Crippen LogP contribution in [0.2, 0.25) is 0 Å². The molecule has 0 heterocycles. The molecule has 0 radical (unpaired) electrons. The molecule has 0 amide bonds. The number of aliphatic hydroxyl groups is 1. The van der Waals surface area contributed by atoms with Gasteiger partial charge in [0.1, 0.15) is 0 Å². The zero-order chi connectivity index (χ0) is 10.6. The van der Waals surface area contributed by atoms with Crippen LogP contribution in [-0.2, 0) is 19.4 Å². The van der Waals surface area contributed by atoms with Crippen LogP contribution in [0, 0.1) is 6.20 Å². The second-order valence-corrected chi connectivity index (χ2v) is 5.29. The molecule has 0 saturated heterocycles. The number of rotatable bonds is 3. The first kappa shape index (κ1) is 12.8. The molecule has 74 valence electrons. The molecule has 0 aliphatic heterocycles. The normalized spacial score (nSPS) is 12.5. The Kier molecular flexibility index (Phi) is 4.80. The summed E-state index contributed by atoms with van der Waals surface area (Å²) in [5, 5.41) is 9.14. The first-order valence-corrected chi connectivity index (χ1v) is 5.50. The van der Waals surface area contributed by atoms with Gasteiger partial charge in [-0.25, -0.2) is 0 Å². The third-order valence-corrected chi connectivity index (χ3v) is 1.94. The summed E-state index contributed by atoms with van der Waals surface area (Å²) in [4.78, 5) is 1.91. The molecule has 0 spiro atoms. The van der Waals surface area contributed by atoms with E-state index in [9.17, 15) is 0 Å². The van der Waals surface area contributed by atoms with Crippen LogP contribution in [0.4, 0.5) is 0 Å². The van der Waals surface area contributed by atoms with Gasteiger partial charge in [0.15, 0.2) is 0 Å². The fraction of sp³-hybridized carbons (Fsp3) is 0.500. The van der Waals surface area contributed by atoms with Crippen molar-refractivity contribution in [2.75, 3.05) is 0 Å². The number of aliphatic hydroxyl groups excluding tert-OH is 1. The van der Waals surface area contributed by atoms with Crippen molar-refractivity contribution in [2.45, 2.75) is 33.2 Å². The van der Waals surface area contributed by atoms with Crippen LogP contribution in [0.1, 0.15) is 27.7 Å². The van der Waals surface area contributed by atoms with Gasteiger partial charge in [0.05, 0.1) is 0 Å². The minimum atomic E-state index is -0.0485. The molecule has 2 nitrogen and oxygen atoms in total. The molecule has 0 aromatic rings. The Morgan fingerprint density at radius 3 is 2.23 bits per heavy atom. The van der Waals surface area contributed by atoms with E-state index in [0.29, 0.717) is 4.08 Å². The quantitative estimate of drug-likeness (QED) is 0.622. The fourth-order valence-electron chi connectivity index (χ4n) is 1.13. The van der Waals surface area contributed by atoms with Crippen molar-refractivity contribution in [3.63, 3.8) is 0 Å². The maximum atomic E-state index is 9.14. The molecule has 1 N–H and O–H groups in total. The number of hydrogen-bond acceptors (Lipinski definition) is 2. The van der Waals surface area contributed by atoms with E-state index < -0.39 is 0 Å². The van der Waals surface area contributed by atoms with Gasteiger partial charge in [0.25, 0.3) is 0 Å². The van der Waals surface area contributed by atoms with Gasteiger partial charge in [-0.15, -0.1) is 0 Å². The van der Waals surface area contributed by atoms with Crippen molar-refractivity contribution in [3.05, 3.63) is 24.6 Å². The number of nitrogens with zero attached hydrogens (tertiary/aromatic N) is 1. The Balaban J connectivity index is 4.80. The summed E-state index contributed by atoms with van der Waals surface area (Å²) in [5.74, 6) is 0. The second-order valence-electron chi connectivity index (χ2n) is 3.79. The van der Waals surface area contributed by atoms with E-state index in [2.05, 4.69) is 33.6 Å². The van der Waals surface area contributed by atoms with Gasteiger partial charge in [-0.3, -0.25) is 0 Å². The van der Waals surface area contributed by atoms with E-state index >= 15 is 0 Å². The van der Waals surface area contributed by atoms with Crippen LogP contribution in [0.3, 0.4) is 0 Å². The Labute approximate surface area is 91.4 Å². The van der Waals surface area contributed by atoms with E-state index in [1.54, 1.807) is 6.08 Å². The summed E-state index contributed by atoms with van der Waals surface area (Å²) in [7, 11) is 0. The molecular weight excluding hydrogens is 334 g/mol. The van der Waals surface area contributed by atoms with Gasteiger partial charge in [-0.05, 0) is 0 Å². The molecule has 0 aliphatic rings. The third kappa shape index (κ3) is 4.54. The van der Waals surface area contributed by atoms with Crippen LogP contribution in [0.25, 0.3) is 0 Å². The van der Waals surface area contributed by atoms with Crippen molar-refractivity contribution >= 4 is 4.08 Å². The molecule has 13 heavy (non-hydrogen) atoms. The average molecular weight is 350 g/mol. The standard InChI is InChI=1S/C10H16NO.W/c1-6-11(10(3,4)5)9(2)7-8-12;/h7,12H,1H2,2-5H3;/q-1;/b9-7-;. The van der Waals surface area contributed by atoms with Gasteiger partial charge < -0.3 is 0 Å². The molecule has 0 unspecified atom stereocenters. The van der Waals surface area contributed by atoms with E-state index in [1.807, 2.05) is 11.8 Å². The first-order chi connectivity index (χ1) is 5.79. The molecule has 0 aromatic heterocycles. The van der Waals surface area contributed by atoms with Gasteiger partial charge in [-0.1, -0.05) is 0 Å². The van der Waals surface area contributed by atoms with Crippen LogP contribution >= 0.6 is 0 Å². The van der Waals surface area contributed by atoms with Crippen molar-refractivity contribution in [1.82, 2.24) is 4.90 Å². The first-order valence-electron chi connectivity index (χ1n) is 4.03. The zero-order valence-corrected chi connectivity index (χ0v) is 11.5.